The second-order valence-corrected chi connectivity index (χ2v) is 5.86. The summed E-state index contributed by atoms with van der Waals surface area (Å²) in [5, 5.41) is 3.49. The standard InChI is InChI=1S/C14H21NS/c1-2-15-12-14(8-9-14)10-11-16-13-6-4-3-5-7-13/h3-7,15H,2,8-12H2,1H3. The van der Waals surface area contributed by atoms with Crippen molar-refractivity contribution < 1.29 is 0 Å². The molecule has 0 amide bonds. The number of rotatable bonds is 7. The van der Waals surface area contributed by atoms with E-state index in [0.29, 0.717) is 5.41 Å². The van der Waals surface area contributed by atoms with Gasteiger partial charge in [-0.05, 0) is 49.1 Å². The molecular weight excluding hydrogens is 214 g/mol. The fourth-order valence-electron chi connectivity index (χ4n) is 1.98. The zero-order valence-corrected chi connectivity index (χ0v) is 10.9. The molecule has 1 aromatic carbocycles. The maximum atomic E-state index is 3.49. The summed E-state index contributed by atoms with van der Waals surface area (Å²) in [5.41, 5.74) is 0.651. The van der Waals surface area contributed by atoms with Gasteiger partial charge in [-0.2, -0.15) is 0 Å². The Morgan fingerprint density at radius 3 is 2.62 bits per heavy atom. The van der Waals surface area contributed by atoms with Gasteiger partial charge in [-0.25, -0.2) is 0 Å². The molecule has 88 valence electrons. The molecule has 1 aliphatic rings. The lowest BCUT2D eigenvalue weighted by atomic mass is 10.0. The molecule has 1 aliphatic carbocycles. The first kappa shape index (κ1) is 12.0. The quantitative estimate of drug-likeness (QED) is 0.725. The SMILES string of the molecule is CCNCC1(CCSc2ccccc2)CC1. The van der Waals surface area contributed by atoms with Gasteiger partial charge < -0.3 is 5.32 Å². The van der Waals surface area contributed by atoms with Gasteiger partial charge in [0.1, 0.15) is 0 Å². The Morgan fingerprint density at radius 2 is 2.00 bits per heavy atom. The highest BCUT2D eigenvalue weighted by Gasteiger charge is 2.41. The van der Waals surface area contributed by atoms with Crippen LogP contribution in [0.5, 0.6) is 0 Å². The average Bonchev–Trinajstić information content (AvgIpc) is 3.09. The molecule has 2 heteroatoms. The molecule has 0 aliphatic heterocycles. The molecule has 2 rings (SSSR count). The monoisotopic (exact) mass is 235 g/mol. The van der Waals surface area contributed by atoms with Crippen molar-refractivity contribution in [2.75, 3.05) is 18.8 Å². The highest BCUT2D eigenvalue weighted by Crippen LogP contribution is 2.49. The van der Waals surface area contributed by atoms with Crippen LogP contribution in [0.1, 0.15) is 26.2 Å². The molecule has 1 saturated carbocycles. The van der Waals surface area contributed by atoms with Crippen molar-refractivity contribution in [3.63, 3.8) is 0 Å². The zero-order valence-electron chi connectivity index (χ0n) is 10.0. The molecule has 1 nitrogen and oxygen atoms in total. The molecule has 1 fully saturated rings. The Hall–Kier alpha value is -0.470. The Labute approximate surface area is 103 Å². The highest BCUT2D eigenvalue weighted by atomic mass is 32.2. The van der Waals surface area contributed by atoms with Crippen LogP contribution in [-0.2, 0) is 0 Å². The highest BCUT2D eigenvalue weighted by molar-refractivity contribution is 7.99. The third kappa shape index (κ3) is 3.53. The van der Waals surface area contributed by atoms with Crippen molar-refractivity contribution in [3.05, 3.63) is 30.3 Å². The second kappa shape index (κ2) is 5.74. The maximum Gasteiger partial charge on any atom is 0.00719 e. The minimum Gasteiger partial charge on any atom is -0.316 e. The summed E-state index contributed by atoms with van der Waals surface area (Å²) in [6.07, 6.45) is 4.21. The molecule has 1 aromatic rings. The average molecular weight is 235 g/mol. The molecule has 0 radical (unpaired) electrons. The topological polar surface area (TPSA) is 12.0 Å². The predicted octanol–water partition coefficient (Wildman–Crippen LogP) is 3.56. The van der Waals surface area contributed by atoms with Crippen LogP contribution in [0, 0.1) is 5.41 Å². The van der Waals surface area contributed by atoms with Gasteiger partial charge in [-0.3, -0.25) is 0 Å². The van der Waals surface area contributed by atoms with Crippen LogP contribution in [-0.4, -0.2) is 18.8 Å². The largest absolute Gasteiger partial charge is 0.316 e. The third-order valence-electron chi connectivity index (χ3n) is 3.35. The van der Waals surface area contributed by atoms with Gasteiger partial charge in [0.25, 0.3) is 0 Å². The van der Waals surface area contributed by atoms with Gasteiger partial charge in [-0.1, -0.05) is 25.1 Å². The molecule has 0 saturated heterocycles. The molecule has 0 heterocycles. The van der Waals surface area contributed by atoms with Crippen molar-refractivity contribution in [3.8, 4) is 0 Å². The van der Waals surface area contributed by atoms with Crippen LogP contribution in [0.3, 0.4) is 0 Å². The van der Waals surface area contributed by atoms with E-state index in [1.165, 1.54) is 36.5 Å². The fourth-order valence-corrected chi connectivity index (χ4v) is 3.10. The van der Waals surface area contributed by atoms with E-state index in [1.807, 2.05) is 11.8 Å². The number of thioether (sulfide) groups is 1. The van der Waals surface area contributed by atoms with Crippen LogP contribution >= 0.6 is 11.8 Å². The van der Waals surface area contributed by atoms with Crippen LogP contribution in [0.4, 0.5) is 0 Å². The first-order valence-corrected chi connectivity index (χ1v) is 7.22. The van der Waals surface area contributed by atoms with Crippen LogP contribution in [0.2, 0.25) is 0 Å². The maximum absolute atomic E-state index is 3.49. The van der Waals surface area contributed by atoms with E-state index in [4.69, 9.17) is 0 Å². The summed E-state index contributed by atoms with van der Waals surface area (Å²) in [7, 11) is 0. The smallest absolute Gasteiger partial charge is 0.00719 e. The van der Waals surface area contributed by atoms with Crippen molar-refractivity contribution in [2.24, 2.45) is 5.41 Å². The number of nitrogens with one attached hydrogen (secondary N) is 1. The summed E-state index contributed by atoms with van der Waals surface area (Å²) >= 11 is 1.99. The van der Waals surface area contributed by atoms with E-state index in [1.54, 1.807) is 0 Å². The summed E-state index contributed by atoms with van der Waals surface area (Å²) < 4.78 is 0. The van der Waals surface area contributed by atoms with Crippen LogP contribution < -0.4 is 5.32 Å². The second-order valence-electron chi connectivity index (χ2n) is 4.69. The van der Waals surface area contributed by atoms with E-state index in [2.05, 4.69) is 42.6 Å². The van der Waals surface area contributed by atoms with E-state index in [0.717, 1.165) is 6.54 Å². The van der Waals surface area contributed by atoms with Crippen molar-refractivity contribution in [2.45, 2.75) is 31.1 Å². The summed E-state index contributed by atoms with van der Waals surface area (Å²) in [4.78, 5) is 1.40. The van der Waals surface area contributed by atoms with Gasteiger partial charge in [0.2, 0.25) is 0 Å². The van der Waals surface area contributed by atoms with Gasteiger partial charge in [0, 0.05) is 11.4 Å². The molecule has 0 unspecified atom stereocenters. The normalized spacial score (nSPS) is 17.3. The van der Waals surface area contributed by atoms with Gasteiger partial charge in [0.05, 0.1) is 0 Å². The predicted molar refractivity (Wildman–Crippen MR) is 72.0 cm³/mol. The van der Waals surface area contributed by atoms with E-state index in [-0.39, 0.29) is 0 Å². The molecule has 0 aromatic heterocycles. The van der Waals surface area contributed by atoms with Crippen molar-refractivity contribution >= 4 is 11.8 Å². The van der Waals surface area contributed by atoms with Gasteiger partial charge in [0.15, 0.2) is 0 Å². The van der Waals surface area contributed by atoms with Crippen molar-refractivity contribution in [1.29, 1.82) is 0 Å². The van der Waals surface area contributed by atoms with Crippen LogP contribution in [0.15, 0.2) is 35.2 Å². The Morgan fingerprint density at radius 1 is 1.25 bits per heavy atom. The lowest BCUT2D eigenvalue weighted by Crippen LogP contribution is -2.24. The van der Waals surface area contributed by atoms with E-state index in [9.17, 15) is 0 Å². The van der Waals surface area contributed by atoms with Crippen molar-refractivity contribution in [1.82, 2.24) is 5.32 Å². The Balaban J connectivity index is 1.68. The van der Waals surface area contributed by atoms with Gasteiger partial charge >= 0.3 is 0 Å². The molecule has 16 heavy (non-hydrogen) atoms. The first-order chi connectivity index (χ1) is 7.85. The van der Waals surface area contributed by atoms with Crippen LogP contribution in [0.25, 0.3) is 0 Å². The van der Waals surface area contributed by atoms with Gasteiger partial charge in [-0.15, -0.1) is 11.8 Å². The summed E-state index contributed by atoms with van der Waals surface area (Å²) in [6.45, 7) is 4.52. The van der Waals surface area contributed by atoms with E-state index < -0.39 is 0 Å². The molecule has 1 N–H and O–H groups in total. The zero-order chi connectivity index (χ0) is 11.3. The number of hydrogen-bond donors (Lipinski definition) is 1. The fraction of sp³-hybridized carbons (Fsp3) is 0.571. The molecule has 0 spiro atoms. The number of hydrogen-bond acceptors (Lipinski definition) is 2. The lowest BCUT2D eigenvalue weighted by Gasteiger charge is -2.14. The molecule has 0 atom stereocenters. The molecular formula is C14H21NS. The summed E-state index contributed by atoms with van der Waals surface area (Å²) in [6, 6.07) is 10.7. The third-order valence-corrected chi connectivity index (χ3v) is 4.37. The minimum absolute atomic E-state index is 0.651. The Kier molecular flexibility index (Phi) is 4.30. The first-order valence-electron chi connectivity index (χ1n) is 6.23. The minimum atomic E-state index is 0.651. The number of benzene rings is 1. The summed E-state index contributed by atoms with van der Waals surface area (Å²) in [5.74, 6) is 1.26. The molecule has 0 bridgehead atoms. The Bertz CT molecular complexity index is 306. The lowest BCUT2D eigenvalue weighted by molar-refractivity contribution is 0.454. The van der Waals surface area contributed by atoms with E-state index >= 15 is 0 Å².